The fourth-order valence-electron chi connectivity index (χ4n) is 2.16. The minimum Gasteiger partial charge on any atom is -0.352 e. The maximum atomic E-state index is 13.7. The second-order valence-electron chi connectivity index (χ2n) is 5.78. The van der Waals surface area contributed by atoms with E-state index in [1.807, 2.05) is 0 Å². The number of halogens is 1. The zero-order chi connectivity index (χ0) is 14.8. The Kier molecular flexibility index (Phi) is 4.10. The highest BCUT2D eigenvalue weighted by Gasteiger charge is 2.50. The normalized spacial score (nSPS) is 18.9. The molecule has 0 heterocycles. The van der Waals surface area contributed by atoms with Crippen LogP contribution in [0.4, 0.5) is 4.39 Å². The molecule has 1 fully saturated rings. The fraction of sp³-hybridized carbons (Fsp3) is 0.438. The van der Waals surface area contributed by atoms with Crippen LogP contribution in [0, 0.1) is 29.0 Å². The highest BCUT2D eigenvalue weighted by Crippen LogP contribution is 2.51. The molecule has 1 saturated carbocycles. The molecule has 0 saturated heterocycles. The lowest BCUT2D eigenvalue weighted by Gasteiger charge is -2.08. The lowest BCUT2D eigenvalue weighted by Crippen LogP contribution is -2.26. The summed E-state index contributed by atoms with van der Waals surface area (Å²) in [6, 6.07) is 4.62. The van der Waals surface area contributed by atoms with Gasteiger partial charge in [0, 0.05) is 23.6 Å². The van der Waals surface area contributed by atoms with Crippen molar-refractivity contribution in [3.8, 4) is 11.8 Å². The van der Waals surface area contributed by atoms with Crippen LogP contribution in [-0.4, -0.2) is 12.5 Å². The van der Waals surface area contributed by atoms with Gasteiger partial charge in [0.1, 0.15) is 5.82 Å². The van der Waals surface area contributed by atoms with Crippen molar-refractivity contribution in [1.82, 2.24) is 5.32 Å². The second kappa shape index (κ2) is 5.64. The van der Waals surface area contributed by atoms with E-state index in [0.717, 1.165) is 6.42 Å². The molecule has 1 unspecified atom stereocenters. The molecular formula is C16H19FN2O. The molecule has 3 N–H and O–H groups in total. The van der Waals surface area contributed by atoms with E-state index < -0.39 is 0 Å². The third-order valence-corrected chi connectivity index (χ3v) is 3.66. The van der Waals surface area contributed by atoms with Crippen molar-refractivity contribution in [2.24, 2.45) is 17.1 Å². The largest absolute Gasteiger partial charge is 0.352 e. The summed E-state index contributed by atoms with van der Waals surface area (Å²) in [6.07, 6.45) is 0.892. The van der Waals surface area contributed by atoms with Crippen LogP contribution >= 0.6 is 0 Å². The Balaban J connectivity index is 2.00. The summed E-state index contributed by atoms with van der Waals surface area (Å²) in [5, 5.41) is 2.79. The molecule has 106 valence electrons. The van der Waals surface area contributed by atoms with Gasteiger partial charge in [-0.1, -0.05) is 25.7 Å². The van der Waals surface area contributed by atoms with Crippen LogP contribution in [0.15, 0.2) is 18.2 Å². The first-order valence-electron chi connectivity index (χ1n) is 6.69. The molecule has 0 aromatic heterocycles. The SMILES string of the molecule is CC1(C)CC1C(=O)NCc1cc(C#CCN)ccc1F. The Morgan fingerprint density at radius 1 is 1.55 bits per heavy atom. The van der Waals surface area contributed by atoms with Crippen LogP contribution in [0.1, 0.15) is 31.4 Å². The van der Waals surface area contributed by atoms with Gasteiger partial charge in [0.15, 0.2) is 0 Å². The standard InChI is InChI=1S/C16H19FN2O/c1-16(2)9-13(16)15(20)19-10-12-8-11(4-3-7-18)5-6-14(12)17/h5-6,8,13H,7,9-10,18H2,1-2H3,(H,19,20). The average Bonchev–Trinajstić information content (AvgIpc) is 3.05. The summed E-state index contributed by atoms with van der Waals surface area (Å²) in [5.41, 5.74) is 6.53. The van der Waals surface area contributed by atoms with Gasteiger partial charge in [0.05, 0.1) is 6.54 Å². The van der Waals surface area contributed by atoms with Gasteiger partial charge in [0.25, 0.3) is 0 Å². The zero-order valence-electron chi connectivity index (χ0n) is 11.8. The van der Waals surface area contributed by atoms with Gasteiger partial charge < -0.3 is 11.1 Å². The van der Waals surface area contributed by atoms with Gasteiger partial charge in [-0.15, -0.1) is 0 Å². The molecule has 20 heavy (non-hydrogen) atoms. The van der Waals surface area contributed by atoms with E-state index in [1.54, 1.807) is 12.1 Å². The summed E-state index contributed by atoms with van der Waals surface area (Å²) < 4.78 is 13.7. The molecule has 0 radical (unpaired) electrons. The summed E-state index contributed by atoms with van der Waals surface area (Å²) >= 11 is 0. The fourth-order valence-corrected chi connectivity index (χ4v) is 2.16. The number of amides is 1. The molecule has 4 heteroatoms. The third kappa shape index (κ3) is 3.37. The first kappa shape index (κ1) is 14.5. The van der Waals surface area contributed by atoms with E-state index in [1.165, 1.54) is 6.07 Å². The number of nitrogens with two attached hydrogens (primary N) is 1. The van der Waals surface area contributed by atoms with Crippen LogP contribution < -0.4 is 11.1 Å². The molecule has 0 spiro atoms. The summed E-state index contributed by atoms with van der Waals surface area (Å²) in [4.78, 5) is 11.9. The first-order chi connectivity index (χ1) is 9.44. The van der Waals surface area contributed by atoms with E-state index >= 15 is 0 Å². The maximum Gasteiger partial charge on any atom is 0.223 e. The second-order valence-corrected chi connectivity index (χ2v) is 5.78. The third-order valence-electron chi connectivity index (χ3n) is 3.66. The van der Waals surface area contributed by atoms with Crippen LogP contribution in [-0.2, 0) is 11.3 Å². The number of hydrogen-bond acceptors (Lipinski definition) is 2. The zero-order valence-corrected chi connectivity index (χ0v) is 11.8. The minimum absolute atomic E-state index is 0.00662. The van der Waals surface area contributed by atoms with Gasteiger partial charge in [-0.05, 0) is 30.0 Å². The molecule has 0 aliphatic heterocycles. The number of hydrogen-bond donors (Lipinski definition) is 2. The molecule has 3 nitrogen and oxygen atoms in total. The van der Waals surface area contributed by atoms with Crippen LogP contribution in [0.25, 0.3) is 0 Å². The molecule has 0 bridgehead atoms. The van der Waals surface area contributed by atoms with Crippen LogP contribution in [0.2, 0.25) is 0 Å². The molecule has 1 atom stereocenters. The number of nitrogens with one attached hydrogen (secondary N) is 1. The number of benzene rings is 1. The van der Waals surface area contributed by atoms with Crippen molar-refractivity contribution >= 4 is 5.91 Å². The summed E-state index contributed by atoms with van der Waals surface area (Å²) in [6.45, 7) is 4.57. The van der Waals surface area contributed by atoms with Crippen molar-refractivity contribution < 1.29 is 9.18 Å². The van der Waals surface area contributed by atoms with Gasteiger partial charge in [0.2, 0.25) is 5.91 Å². The van der Waals surface area contributed by atoms with Gasteiger partial charge in [-0.3, -0.25) is 4.79 Å². The van der Waals surface area contributed by atoms with E-state index in [0.29, 0.717) is 11.1 Å². The monoisotopic (exact) mass is 274 g/mol. The summed E-state index contributed by atoms with van der Waals surface area (Å²) in [7, 11) is 0. The Bertz CT molecular complexity index is 584. The van der Waals surface area contributed by atoms with Crippen molar-refractivity contribution in [2.75, 3.05) is 6.54 Å². The number of carbonyl (C=O) groups excluding carboxylic acids is 1. The smallest absolute Gasteiger partial charge is 0.223 e. The van der Waals surface area contributed by atoms with Gasteiger partial charge in [-0.25, -0.2) is 4.39 Å². The van der Waals surface area contributed by atoms with E-state index in [9.17, 15) is 9.18 Å². The number of rotatable bonds is 3. The predicted octanol–water partition coefficient (Wildman–Crippen LogP) is 1.80. The Hall–Kier alpha value is -1.86. The quantitative estimate of drug-likeness (QED) is 0.826. The van der Waals surface area contributed by atoms with Crippen molar-refractivity contribution in [2.45, 2.75) is 26.8 Å². The van der Waals surface area contributed by atoms with Crippen molar-refractivity contribution in [3.05, 3.63) is 35.1 Å². The first-order valence-corrected chi connectivity index (χ1v) is 6.69. The molecule has 1 aliphatic carbocycles. The lowest BCUT2D eigenvalue weighted by molar-refractivity contribution is -0.123. The Morgan fingerprint density at radius 3 is 2.85 bits per heavy atom. The average molecular weight is 274 g/mol. The maximum absolute atomic E-state index is 13.7. The molecule has 2 rings (SSSR count). The topological polar surface area (TPSA) is 55.1 Å². The van der Waals surface area contributed by atoms with Gasteiger partial charge >= 0.3 is 0 Å². The highest BCUT2D eigenvalue weighted by molar-refractivity contribution is 5.82. The van der Waals surface area contributed by atoms with Crippen molar-refractivity contribution in [3.63, 3.8) is 0 Å². The van der Waals surface area contributed by atoms with E-state index in [4.69, 9.17) is 5.73 Å². The molecule has 1 amide bonds. The van der Waals surface area contributed by atoms with Crippen molar-refractivity contribution in [1.29, 1.82) is 0 Å². The molecule has 1 aromatic carbocycles. The molecular weight excluding hydrogens is 255 g/mol. The highest BCUT2D eigenvalue weighted by atomic mass is 19.1. The van der Waals surface area contributed by atoms with Crippen LogP contribution in [0.5, 0.6) is 0 Å². The lowest BCUT2D eigenvalue weighted by atomic mass is 10.1. The number of carbonyl (C=O) groups is 1. The summed E-state index contributed by atoms with van der Waals surface area (Å²) in [5.74, 6) is 5.28. The van der Waals surface area contributed by atoms with Gasteiger partial charge in [-0.2, -0.15) is 0 Å². The Morgan fingerprint density at radius 2 is 2.25 bits per heavy atom. The molecule has 1 aromatic rings. The minimum atomic E-state index is -0.335. The van der Waals surface area contributed by atoms with E-state index in [2.05, 4.69) is 31.0 Å². The van der Waals surface area contributed by atoms with E-state index in [-0.39, 0.29) is 36.1 Å². The van der Waals surface area contributed by atoms with Crippen LogP contribution in [0.3, 0.4) is 0 Å². The molecule has 1 aliphatic rings. The Labute approximate surface area is 118 Å². The predicted molar refractivity (Wildman–Crippen MR) is 76.1 cm³/mol.